The SMILES string of the molecule is Cc1noc2ncnc(NC(Cc3ccccn3)c3ccccc3)c12. The topological polar surface area (TPSA) is 76.7 Å². The van der Waals surface area contributed by atoms with E-state index in [2.05, 4.69) is 37.6 Å². The van der Waals surface area contributed by atoms with Gasteiger partial charge in [0.15, 0.2) is 0 Å². The predicted octanol–water partition coefficient (Wildman–Crippen LogP) is 3.72. The maximum atomic E-state index is 5.24. The molecule has 3 heterocycles. The third-order valence-corrected chi connectivity index (χ3v) is 4.10. The molecule has 0 fully saturated rings. The van der Waals surface area contributed by atoms with Gasteiger partial charge in [-0.1, -0.05) is 41.6 Å². The normalized spacial score (nSPS) is 12.2. The van der Waals surface area contributed by atoms with Gasteiger partial charge < -0.3 is 9.84 Å². The van der Waals surface area contributed by atoms with Crippen LogP contribution in [0.1, 0.15) is 23.0 Å². The second-order valence-corrected chi connectivity index (χ2v) is 5.80. The van der Waals surface area contributed by atoms with E-state index in [1.807, 2.05) is 49.5 Å². The summed E-state index contributed by atoms with van der Waals surface area (Å²) >= 11 is 0. The third kappa shape index (κ3) is 3.19. The van der Waals surface area contributed by atoms with Gasteiger partial charge >= 0.3 is 0 Å². The summed E-state index contributed by atoms with van der Waals surface area (Å²) in [5, 5.41) is 8.32. The van der Waals surface area contributed by atoms with Crippen LogP contribution in [0.5, 0.6) is 0 Å². The Morgan fingerprint density at radius 2 is 1.84 bits per heavy atom. The summed E-state index contributed by atoms with van der Waals surface area (Å²) in [6.45, 7) is 1.89. The average Bonchev–Trinajstić information content (AvgIpc) is 3.05. The molecule has 3 aromatic heterocycles. The highest BCUT2D eigenvalue weighted by Crippen LogP contribution is 2.28. The molecule has 1 atom stereocenters. The lowest BCUT2D eigenvalue weighted by atomic mass is 10.0. The van der Waals surface area contributed by atoms with Gasteiger partial charge in [0, 0.05) is 18.3 Å². The van der Waals surface area contributed by atoms with Crippen molar-refractivity contribution in [1.29, 1.82) is 0 Å². The lowest BCUT2D eigenvalue weighted by Gasteiger charge is -2.20. The highest BCUT2D eigenvalue weighted by molar-refractivity contribution is 5.87. The first-order chi connectivity index (χ1) is 12.3. The molecule has 1 aromatic carbocycles. The van der Waals surface area contributed by atoms with E-state index in [1.54, 1.807) is 0 Å². The standard InChI is InChI=1S/C19H17N5O/c1-13-17-18(21-12-22-19(17)25-24-13)23-16(14-7-3-2-4-8-14)11-15-9-5-6-10-20-15/h2-10,12,16H,11H2,1H3,(H,21,22,23). The molecule has 4 rings (SSSR count). The zero-order chi connectivity index (χ0) is 17.1. The van der Waals surface area contributed by atoms with Crippen molar-refractivity contribution in [3.05, 3.63) is 78.0 Å². The summed E-state index contributed by atoms with van der Waals surface area (Å²) in [6.07, 6.45) is 4.03. The molecule has 124 valence electrons. The Morgan fingerprint density at radius 1 is 1.00 bits per heavy atom. The van der Waals surface area contributed by atoms with Crippen LogP contribution in [0, 0.1) is 6.92 Å². The lowest BCUT2D eigenvalue weighted by Crippen LogP contribution is -2.15. The predicted molar refractivity (Wildman–Crippen MR) is 95.1 cm³/mol. The molecule has 4 aromatic rings. The lowest BCUT2D eigenvalue weighted by molar-refractivity contribution is 0.442. The third-order valence-electron chi connectivity index (χ3n) is 4.10. The van der Waals surface area contributed by atoms with Gasteiger partial charge in [-0.2, -0.15) is 4.98 Å². The van der Waals surface area contributed by atoms with E-state index in [4.69, 9.17) is 4.52 Å². The van der Waals surface area contributed by atoms with Crippen LogP contribution in [0.15, 0.2) is 65.6 Å². The van der Waals surface area contributed by atoms with E-state index < -0.39 is 0 Å². The fourth-order valence-corrected chi connectivity index (χ4v) is 2.86. The first-order valence-electron chi connectivity index (χ1n) is 8.09. The minimum absolute atomic E-state index is 0.0171. The van der Waals surface area contributed by atoms with Gasteiger partial charge in [0.2, 0.25) is 0 Å². The molecule has 0 aliphatic heterocycles. The van der Waals surface area contributed by atoms with Crippen LogP contribution in [-0.4, -0.2) is 20.1 Å². The number of nitrogens with one attached hydrogen (secondary N) is 1. The second-order valence-electron chi connectivity index (χ2n) is 5.80. The maximum absolute atomic E-state index is 5.24. The Kier molecular flexibility index (Phi) is 4.08. The monoisotopic (exact) mass is 331 g/mol. The van der Waals surface area contributed by atoms with Crippen LogP contribution in [0.2, 0.25) is 0 Å². The molecular formula is C19H17N5O. The molecule has 6 heteroatoms. The Labute approximate surface area is 144 Å². The molecule has 6 nitrogen and oxygen atoms in total. The Morgan fingerprint density at radius 3 is 2.64 bits per heavy atom. The molecule has 0 amide bonds. The van der Waals surface area contributed by atoms with Gasteiger partial charge in [-0.05, 0) is 24.6 Å². The highest BCUT2D eigenvalue weighted by atomic mass is 16.5. The van der Waals surface area contributed by atoms with Crippen LogP contribution < -0.4 is 5.32 Å². The van der Waals surface area contributed by atoms with Gasteiger partial charge in [-0.3, -0.25) is 4.98 Å². The van der Waals surface area contributed by atoms with E-state index in [0.717, 1.165) is 28.8 Å². The maximum Gasteiger partial charge on any atom is 0.263 e. The van der Waals surface area contributed by atoms with E-state index in [9.17, 15) is 0 Å². The number of rotatable bonds is 5. The number of aryl methyl sites for hydroxylation is 1. The van der Waals surface area contributed by atoms with Crippen LogP contribution >= 0.6 is 0 Å². The fraction of sp³-hybridized carbons (Fsp3) is 0.158. The van der Waals surface area contributed by atoms with Crippen molar-refractivity contribution in [3.8, 4) is 0 Å². The highest BCUT2D eigenvalue weighted by Gasteiger charge is 2.18. The molecule has 0 radical (unpaired) electrons. The van der Waals surface area contributed by atoms with Crippen molar-refractivity contribution in [2.45, 2.75) is 19.4 Å². The minimum Gasteiger partial charge on any atom is -0.362 e. The molecule has 0 aliphatic carbocycles. The number of hydrogen-bond donors (Lipinski definition) is 1. The zero-order valence-electron chi connectivity index (χ0n) is 13.8. The molecule has 0 saturated heterocycles. The summed E-state index contributed by atoms with van der Waals surface area (Å²) in [4.78, 5) is 13.0. The molecule has 0 spiro atoms. The summed E-state index contributed by atoms with van der Waals surface area (Å²) in [6, 6.07) is 16.2. The molecule has 0 aliphatic rings. The molecule has 0 bridgehead atoms. The van der Waals surface area contributed by atoms with E-state index in [0.29, 0.717) is 11.5 Å². The van der Waals surface area contributed by atoms with Crippen LogP contribution in [0.25, 0.3) is 11.1 Å². The first kappa shape index (κ1) is 15.3. The summed E-state index contributed by atoms with van der Waals surface area (Å²) in [5.41, 5.74) is 3.42. The first-order valence-corrected chi connectivity index (χ1v) is 8.09. The van der Waals surface area contributed by atoms with Crippen molar-refractivity contribution in [2.24, 2.45) is 0 Å². The molecular weight excluding hydrogens is 314 g/mol. The smallest absolute Gasteiger partial charge is 0.263 e. The Hall–Kier alpha value is -3.28. The largest absolute Gasteiger partial charge is 0.362 e. The molecule has 1 N–H and O–H groups in total. The zero-order valence-corrected chi connectivity index (χ0v) is 13.8. The van der Waals surface area contributed by atoms with E-state index >= 15 is 0 Å². The number of benzene rings is 1. The van der Waals surface area contributed by atoms with Crippen LogP contribution in [-0.2, 0) is 6.42 Å². The van der Waals surface area contributed by atoms with Gasteiger partial charge in [0.1, 0.15) is 17.5 Å². The van der Waals surface area contributed by atoms with Crippen molar-refractivity contribution >= 4 is 16.9 Å². The van der Waals surface area contributed by atoms with E-state index in [1.165, 1.54) is 6.33 Å². The second kappa shape index (κ2) is 6.68. The minimum atomic E-state index is 0.0171. The quantitative estimate of drug-likeness (QED) is 0.600. The summed E-state index contributed by atoms with van der Waals surface area (Å²) in [5.74, 6) is 0.716. The number of aromatic nitrogens is 4. The molecule has 0 saturated carbocycles. The number of nitrogens with zero attached hydrogens (tertiary/aromatic N) is 4. The Balaban J connectivity index is 1.72. The molecule has 1 unspecified atom stereocenters. The number of anilines is 1. The van der Waals surface area contributed by atoms with Crippen molar-refractivity contribution in [2.75, 3.05) is 5.32 Å². The van der Waals surface area contributed by atoms with Crippen LogP contribution in [0.3, 0.4) is 0 Å². The van der Waals surface area contributed by atoms with Gasteiger partial charge in [-0.25, -0.2) is 4.98 Å². The molecule has 25 heavy (non-hydrogen) atoms. The van der Waals surface area contributed by atoms with Gasteiger partial charge in [0.05, 0.1) is 11.7 Å². The Bertz CT molecular complexity index is 969. The summed E-state index contributed by atoms with van der Waals surface area (Å²) < 4.78 is 5.24. The van der Waals surface area contributed by atoms with Gasteiger partial charge in [0.25, 0.3) is 5.71 Å². The van der Waals surface area contributed by atoms with Crippen molar-refractivity contribution in [3.63, 3.8) is 0 Å². The summed E-state index contributed by atoms with van der Waals surface area (Å²) in [7, 11) is 0. The van der Waals surface area contributed by atoms with Crippen molar-refractivity contribution in [1.82, 2.24) is 20.1 Å². The van der Waals surface area contributed by atoms with Gasteiger partial charge in [-0.15, -0.1) is 0 Å². The average molecular weight is 331 g/mol. The van der Waals surface area contributed by atoms with E-state index in [-0.39, 0.29) is 6.04 Å². The number of hydrogen-bond acceptors (Lipinski definition) is 6. The number of pyridine rings is 1. The van der Waals surface area contributed by atoms with Crippen LogP contribution in [0.4, 0.5) is 5.82 Å². The fourth-order valence-electron chi connectivity index (χ4n) is 2.86. The van der Waals surface area contributed by atoms with Crippen molar-refractivity contribution < 1.29 is 4.52 Å². The number of fused-ring (bicyclic) bond motifs is 1.